The predicted molar refractivity (Wildman–Crippen MR) is 116 cm³/mol. The lowest BCUT2D eigenvalue weighted by Gasteiger charge is -2.13. The predicted octanol–water partition coefficient (Wildman–Crippen LogP) is 5.63. The third-order valence-corrected chi connectivity index (χ3v) is 5.64. The van der Waals surface area contributed by atoms with Crippen molar-refractivity contribution in [2.24, 2.45) is 0 Å². The number of rotatable bonds is 6. The molecule has 32 heavy (non-hydrogen) atoms. The van der Waals surface area contributed by atoms with Gasteiger partial charge in [0.1, 0.15) is 0 Å². The van der Waals surface area contributed by atoms with Crippen LogP contribution >= 0.6 is 11.8 Å². The lowest BCUT2D eigenvalue weighted by atomic mass is 10.1. The van der Waals surface area contributed by atoms with Crippen LogP contribution in [0.5, 0.6) is 0 Å². The maximum absolute atomic E-state index is 13.3. The van der Waals surface area contributed by atoms with E-state index in [2.05, 4.69) is 15.2 Å². The molecule has 0 atom stereocenters. The summed E-state index contributed by atoms with van der Waals surface area (Å²) in [5, 5.41) is 8.67. The Hall–Kier alpha value is -3.46. The van der Waals surface area contributed by atoms with Gasteiger partial charge in [-0.2, -0.15) is 13.2 Å². The third-order valence-electron chi connectivity index (χ3n) is 4.71. The summed E-state index contributed by atoms with van der Waals surface area (Å²) in [5.74, 6) is 0.312. The van der Waals surface area contributed by atoms with Gasteiger partial charge in [0.2, 0.25) is 0 Å². The summed E-state index contributed by atoms with van der Waals surface area (Å²) >= 11 is 1.12. The minimum atomic E-state index is -4.49. The van der Waals surface area contributed by atoms with Gasteiger partial charge in [-0.15, -0.1) is 10.2 Å². The monoisotopic (exact) mass is 454 g/mol. The maximum Gasteiger partial charge on any atom is 0.416 e. The number of carbonyl (C=O) groups excluding carboxylic acids is 1. The van der Waals surface area contributed by atoms with Crippen molar-refractivity contribution in [2.75, 3.05) is 5.75 Å². The van der Waals surface area contributed by atoms with Crippen LogP contribution in [0.2, 0.25) is 0 Å². The smallest absolute Gasteiger partial charge is 0.293 e. The van der Waals surface area contributed by atoms with Gasteiger partial charge >= 0.3 is 6.18 Å². The van der Waals surface area contributed by atoms with E-state index in [1.54, 1.807) is 42.7 Å². The van der Waals surface area contributed by atoms with E-state index in [1.807, 2.05) is 19.1 Å². The summed E-state index contributed by atoms with van der Waals surface area (Å²) in [6.07, 6.45) is -1.36. The first-order valence-corrected chi connectivity index (χ1v) is 10.6. The van der Waals surface area contributed by atoms with Gasteiger partial charge in [0, 0.05) is 23.5 Å². The molecule has 0 aliphatic carbocycles. The molecule has 162 valence electrons. The number of nitrogens with zero attached hydrogens (tertiary/aromatic N) is 4. The van der Waals surface area contributed by atoms with Crippen LogP contribution in [0.25, 0.3) is 17.1 Å². The number of halogens is 3. The average Bonchev–Trinajstić information content (AvgIpc) is 3.22. The molecule has 2 aromatic carbocycles. The summed E-state index contributed by atoms with van der Waals surface area (Å²) in [5.41, 5.74) is 1.71. The summed E-state index contributed by atoms with van der Waals surface area (Å²) in [6, 6.07) is 15.5. The van der Waals surface area contributed by atoms with Crippen LogP contribution in [0.1, 0.15) is 21.5 Å². The lowest BCUT2D eigenvalue weighted by molar-refractivity contribution is -0.137. The Labute approximate surface area is 186 Å². The van der Waals surface area contributed by atoms with Gasteiger partial charge < -0.3 is 0 Å². The molecule has 0 bridgehead atoms. The molecule has 0 radical (unpaired) electrons. The topological polar surface area (TPSA) is 60.7 Å². The van der Waals surface area contributed by atoms with Gasteiger partial charge in [-0.25, -0.2) is 0 Å². The Morgan fingerprint density at radius 3 is 2.41 bits per heavy atom. The standard InChI is InChI=1S/C23H17F3N4OS/c1-15-5-7-16(8-6-15)20(31)14-32-22-29-28-21(17-9-11-27-12-10-17)30(22)19-4-2-3-18(13-19)23(24,25)26/h2-13H,14H2,1H3. The van der Waals surface area contributed by atoms with E-state index < -0.39 is 11.7 Å². The number of aryl methyl sites for hydroxylation is 1. The second-order valence-electron chi connectivity index (χ2n) is 7.00. The van der Waals surface area contributed by atoms with Crippen molar-refractivity contribution in [1.82, 2.24) is 19.7 Å². The van der Waals surface area contributed by atoms with E-state index in [4.69, 9.17) is 0 Å². The molecule has 0 aliphatic rings. The molecule has 0 saturated carbocycles. The van der Waals surface area contributed by atoms with Crippen molar-refractivity contribution < 1.29 is 18.0 Å². The van der Waals surface area contributed by atoms with Crippen LogP contribution in [0, 0.1) is 6.92 Å². The largest absolute Gasteiger partial charge is 0.416 e. The van der Waals surface area contributed by atoms with Gasteiger partial charge in [-0.05, 0) is 37.3 Å². The van der Waals surface area contributed by atoms with E-state index >= 15 is 0 Å². The van der Waals surface area contributed by atoms with E-state index in [1.165, 1.54) is 10.6 Å². The molecule has 9 heteroatoms. The number of ketones is 1. The Kier molecular flexibility index (Phi) is 6.09. The molecule has 0 spiro atoms. The van der Waals surface area contributed by atoms with Crippen molar-refractivity contribution >= 4 is 17.5 Å². The SMILES string of the molecule is Cc1ccc(C(=O)CSc2nnc(-c3ccncc3)n2-c2cccc(C(F)(F)F)c2)cc1. The van der Waals surface area contributed by atoms with E-state index in [-0.39, 0.29) is 17.2 Å². The fraction of sp³-hybridized carbons (Fsp3) is 0.130. The number of hydrogen-bond donors (Lipinski definition) is 0. The first-order chi connectivity index (χ1) is 15.3. The van der Waals surface area contributed by atoms with Gasteiger partial charge in [0.25, 0.3) is 0 Å². The number of alkyl halides is 3. The van der Waals surface area contributed by atoms with Crippen molar-refractivity contribution in [3.05, 3.63) is 89.7 Å². The van der Waals surface area contributed by atoms with E-state index in [9.17, 15) is 18.0 Å². The van der Waals surface area contributed by atoms with Gasteiger partial charge in [-0.3, -0.25) is 14.3 Å². The average molecular weight is 454 g/mol. The minimum absolute atomic E-state index is 0.0660. The molecule has 5 nitrogen and oxygen atoms in total. The highest BCUT2D eigenvalue weighted by Crippen LogP contribution is 2.33. The Bertz CT molecular complexity index is 1240. The van der Waals surface area contributed by atoms with Crippen LogP contribution in [-0.4, -0.2) is 31.3 Å². The molecular weight excluding hydrogens is 437 g/mol. The normalized spacial score (nSPS) is 11.5. The number of thioether (sulfide) groups is 1. The number of hydrogen-bond acceptors (Lipinski definition) is 5. The van der Waals surface area contributed by atoms with Gasteiger partial charge in [0.05, 0.1) is 17.0 Å². The Balaban J connectivity index is 1.71. The summed E-state index contributed by atoms with van der Waals surface area (Å²) < 4.78 is 41.4. The fourth-order valence-electron chi connectivity index (χ4n) is 3.06. The Morgan fingerprint density at radius 2 is 1.72 bits per heavy atom. The molecular formula is C23H17F3N4OS. The number of carbonyl (C=O) groups is 1. The summed E-state index contributed by atoms with van der Waals surface area (Å²) in [7, 11) is 0. The number of pyridine rings is 1. The highest BCUT2D eigenvalue weighted by Gasteiger charge is 2.31. The molecule has 0 unspecified atom stereocenters. The first kappa shape index (κ1) is 21.8. The molecule has 0 saturated heterocycles. The van der Waals surface area contributed by atoms with Crippen molar-refractivity contribution in [2.45, 2.75) is 18.3 Å². The van der Waals surface area contributed by atoms with E-state index in [0.717, 1.165) is 29.5 Å². The second kappa shape index (κ2) is 8.96. The fourth-order valence-corrected chi connectivity index (χ4v) is 3.90. The molecule has 2 heterocycles. The van der Waals surface area contributed by atoms with Crippen LogP contribution in [0.4, 0.5) is 13.2 Å². The van der Waals surface area contributed by atoms with Crippen molar-refractivity contribution in [3.8, 4) is 17.1 Å². The minimum Gasteiger partial charge on any atom is -0.293 e. The summed E-state index contributed by atoms with van der Waals surface area (Å²) in [6.45, 7) is 1.93. The molecule has 2 aromatic heterocycles. The molecule has 0 N–H and O–H groups in total. The quantitative estimate of drug-likeness (QED) is 0.279. The van der Waals surface area contributed by atoms with Gasteiger partial charge in [-0.1, -0.05) is 47.7 Å². The van der Waals surface area contributed by atoms with Crippen molar-refractivity contribution in [3.63, 3.8) is 0 Å². The zero-order valence-corrected chi connectivity index (χ0v) is 17.7. The Morgan fingerprint density at radius 1 is 1.00 bits per heavy atom. The van der Waals surface area contributed by atoms with Crippen molar-refractivity contribution in [1.29, 1.82) is 0 Å². The zero-order valence-electron chi connectivity index (χ0n) is 16.9. The van der Waals surface area contributed by atoms with Crippen LogP contribution < -0.4 is 0 Å². The molecule has 0 aliphatic heterocycles. The third kappa shape index (κ3) is 4.72. The van der Waals surface area contributed by atoms with Crippen LogP contribution in [0.3, 0.4) is 0 Å². The molecule has 4 rings (SSSR count). The molecule has 4 aromatic rings. The van der Waals surface area contributed by atoms with E-state index in [0.29, 0.717) is 22.1 Å². The van der Waals surface area contributed by atoms with Crippen LogP contribution in [0.15, 0.2) is 78.2 Å². The van der Waals surface area contributed by atoms with Gasteiger partial charge in [0.15, 0.2) is 16.8 Å². The number of aromatic nitrogens is 4. The zero-order chi connectivity index (χ0) is 22.7. The molecule has 0 fully saturated rings. The first-order valence-electron chi connectivity index (χ1n) is 9.59. The highest BCUT2D eigenvalue weighted by molar-refractivity contribution is 7.99. The lowest BCUT2D eigenvalue weighted by Crippen LogP contribution is -2.08. The molecule has 0 amide bonds. The maximum atomic E-state index is 13.3. The number of benzene rings is 2. The summed E-state index contributed by atoms with van der Waals surface area (Å²) in [4.78, 5) is 16.6. The second-order valence-corrected chi connectivity index (χ2v) is 7.95. The highest BCUT2D eigenvalue weighted by atomic mass is 32.2. The van der Waals surface area contributed by atoms with Crippen LogP contribution in [-0.2, 0) is 6.18 Å². The number of Topliss-reactive ketones (excluding diaryl/α,β-unsaturated/α-hetero) is 1.